The number of hydrogen-bond donors (Lipinski definition) is 0. The van der Waals surface area contributed by atoms with Crippen molar-refractivity contribution in [2.45, 2.75) is 0 Å². The minimum Gasteiger partial charge on any atom is -0.463 e. The number of ether oxygens (including phenoxy) is 1. The molecule has 7 heteroatoms. The van der Waals surface area contributed by atoms with E-state index >= 15 is 0 Å². The molecule has 2 rings (SSSR count). The van der Waals surface area contributed by atoms with Crippen LogP contribution in [0, 0.1) is 5.82 Å². The highest BCUT2D eigenvalue weighted by Crippen LogP contribution is 2.06. The van der Waals surface area contributed by atoms with E-state index in [1.54, 1.807) is 0 Å². The van der Waals surface area contributed by atoms with Crippen molar-refractivity contribution in [2.75, 3.05) is 7.11 Å². The Bertz CT molecular complexity index is 508. The number of carbonyl (C=O) groups excluding carboxylic acids is 1. The van der Waals surface area contributed by atoms with Crippen LogP contribution in [0.15, 0.2) is 24.3 Å². The first-order chi connectivity index (χ1) is 7.70. The molecule has 0 spiro atoms. The topological polar surface area (TPSA) is 69.9 Å². The van der Waals surface area contributed by atoms with Gasteiger partial charge in [-0.25, -0.2) is 9.18 Å². The molecule has 0 aliphatic rings. The molecule has 0 radical (unpaired) electrons. The molecule has 0 aliphatic carbocycles. The fraction of sp³-hybridized carbons (Fsp3) is 0.111. The molecular weight excluding hydrogens is 215 g/mol. The Balaban J connectivity index is 2.31. The Labute approximate surface area is 89.6 Å². The minimum absolute atomic E-state index is 0.146. The normalized spacial score (nSPS) is 10.1. The lowest BCUT2D eigenvalue weighted by molar-refractivity contribution is 0.0586. The van der Waals surface area contributed by atoms with Crippen LogP contribution in [0.1, 0.15) is 10.6 Å². The van der Waals surface area contributed by atoms with Gasteiger partial charge in [0.25, 0.3) is 5.82 Å². The average molecular weight is 222 g/mol. The van der Waals surface area contributed by atoms with Crippen LogP contribution in [0.5, 0.6) is 0 Å². The van der Waals surface area contributed by atoms with Crippen molar-refractivity contribution in [2.24, 2.45) is 0 Å². The van der Waals surface area contributed by atoms with E-state index in [1.807, 2.05) is 0 Å². The number of aromatic nitrogens is 4. The molecule has 2 aromatic rings. The summed E-state index contributed by atoms with van der Waals surface area (Å²) in [5.41, 5.74) is 0.504. The van der Waals surface area contributed by atoms with Crippen LogP contribution < -0.4 is 0 Å². The second-order valence-corrected chi connectivity index (χ2v) is 2.87. The monoisotopic (exact) mass is 222 g/mol. The van der Waals surface area contributed by atoms with Crippen LogP contribution in [0.4, 0.5) is 4.39 Å². The van der Waals surface area contributed by atoms with Gasteiger partial charge in [0.05, 0.1) is 12.8 Å². The third kappa shape index (κ3) is 1.88. The average Bonchev–Trinajstić information content (AvgIpc) is 2.78. The smallest absolute Gasteiger partial charge is 0.379 e. The lowest BCUT2D eigenvalue weighted by Gasteiger charge is -1.96. The van der Waals surface area contributed by atoms with E-state index in [0.29, 0.717) is 5.69 Å². The van der Waals surface area contributed by atoms with E-state index in [9.17, 15) is 9.18 Å². The molecule has 1 heterocycles. The van der Waals surface area contributed by atoms with Gasteiger partial charge in [0, 0.05) is 0 Å². The first kappa shape index (κ1) is 10.2. The first-order valence-corrected chi connectivity index (χ1v) is 4.35. The molecule has 0 fully saturated rings. The number of tetrazole rings is 1. The fourth-order valence-corrected chi connectivity index (χ4v) is 1.07. The zero-order valence-corrected chi connectivity index (χ0v) is 8.29. The van der Waals surface area contributed by atoms with Crippen molar-refractivity contribution in [3.63, 3.8) is 0 Å². The number of carbonyl (C=O) groups is 1. The minimum atomic E-state index is -0.673. The van der Waals surface area contributed by atoms with Gasteiger partial charge in [-0.05, 0) is 29.5 Å². The van der Waals surface area contributed by atoms with Crippen LogP contribution in [-0.4, -0.2) is 33.3 Å². The summed E-state index contributed by atoms with van der Waals surface area (Å²) in [4.78, 5) is 12.2. The summed E-state index contributed by atoms with van der Waals surface area (Å²) in [5, 5.41) is 10.9. The van der Waals surface area contributed by atoms with Crippen LogP contribution in [0.25, 0.3) is 5.69 Å². The van der Waals surface area contributed by atoms with Crippen LogP contribution in [0.2, 0.25) is 0 Å². The zero-order valence-electron chi connectivity index (χ0n) is 8.29. The number of nitrogens with zero attached hydrogens (tertiary/aromatic N) is 4. The van der Waals surface area contributed by atoms with Gasteiger partial charge in [-0.15, -0.1) is 15.0 Å². The highest BCUT2D eigenvalue weighted by molar-refractivity contribution is 5.84. The number of rotatable bonds is 2. The SMILES string of the molecule is COC(=O)c1nnn(-c2ccc(F)cc2)n1. The number of methoxy groups -OCH3 is 1. The van der Waals surface area contributed by atoms with E-state index in [0.717, 1.165) is 4.80 Å². The van der Waals surface area contributed by atoms with Gasteiger partial charge in [-0.2, -0.15) is 0 Å². The summed E-state index contributed by atoms with van der Waals surface area (Å²) in [6, 6.07) is 5.46. The predicted molar refractivity (Wildman–Crippen MR) is 50.5 cm³/mol. The molecule has 0 N–H and O–H groups in total. The molecule has 16 heavy (non-hydrogen) atoms. The second-order valence-electron chi connectivity index (χ2n) is 2.87. The fourth-order valence-electron chi connectivity index (χ4n) is 1.07. The summed E-state index contributed by atoms with van der Waals surface area (Å²) >= 11 is 0. The van der Waals surface area contributed by atoms with Crippen LogP contribution in [0.3, 0.4) is 0 Å². The summed E-state index contributed by atoms with van der Waals surface area (Å²) in [6.07, 6.45) is 0. The molecule has 0 aliphatic heterocycles. The van der Waals surface area contributed by atoms with Crippen molar-refractivity contribution in [1.82, 2.24) is 20.2 Å². The molecule has 1 aromatic carbocycles. The van der Waals surface area contributed by atoms with Crippen molar-refractivity contribution < 1.29 is 13.9 Å². The van der Waals surface area contributed by atoms with E-state index in [2.05, 4.69) is 20.1 Å². The third-order valence-electron chi connectivity index (χ3n) is 1.84. The summed E-state index contributed by atoms with van der Waals surface area (Å²) in [7, 11) is 1.22. The Kier molecular flexibility index (Phi) is 2.59. The van der Waals surface area contributed by atoms with Crippen LogP contribution in [-0.2, 0) is 4.74 Å². The van der Waals surface area contributed by atoms with Gasteiger partial charge in [0.1, 0.15) is 5.82 Å². The number of esters is 1. The predicted octanol–water partition coefficient (Wildman–Crippen LogP) is 0.588. The van der Waals surface area contributed by atoms with E-state index in [4.69, 9.17) is 0 Å². The van der Waals surface area contributed by atoms with Gasteiger partial charge >= 0.3 is 5.97 Å². The standard InChI is InChI=1S/C9H7FN4O2/c1-16-9(15)8-11-13-14(12-8)7-4-2-6(10)3-5-7/h2-5H,1H3. The Morgan fingerprint density at radius 2 is 2.06 bits per heavy atom. The van der Waals surface area contributed by atoms with Crippen molar-refractivity contribution in [3.05, 3.63) is 35.9 Å². The highest BCUT2D eigenvalue weighted by atomic mass is 19.1. The van der Waals surface area contributed by atoms with Crippen molar-refractivity contribution in [3.8, 4) is 5.69 Å². The molecule has 0 saturated heterocycles. The van der Waals surface area contributed by atoms with Gasteiger partial charge in [0.2, 0.25) is 0 Å². The molecule has 0 atom stereocenters. The van der Waals surface area contributed by atoms with Gasteiger partial charge in [-0.3, -0.25) is 0 Å². The molecule has 0 unspecified atom stereocenters. The Morgan fingerprint density at radius 1 is 1.38 bits per heavy atom. The van der Waals surface area contributed by atoms with E-state index in [-0.39, 0.29) is 11.6 Å². The first-order valence-electron chi connectivity index (χ1n) is 4.35. The lowest BCUT2D eigenvalue weighted by atomic mass is 10.3. The molecule has 0 bridgehead atoms. The van der Waals surface area contributed by atoms with Crippen molar-refractivity contribution in [1.29, 1.82) is 0 Å². The molecule has 0 amide bonds. The highest BCUT2D eigenvalue weighted by Gasteiger charge is 2.13. The largest absolute Gasteiger partial charge is 0.463 e. The maximum absolute atomic E-state index is 12.7. The van der Waals surface area contributed by atoms with Crippen LogP contribution >= 0.6 is 0 Å². The molecule has 1 aromatic heterocycles. The second kappa shape index (κ2) is 4.05. The zero-order chi connectivity index (χ0) is 11.5. The number of hydrogen-bond acceptors (Lipinski definition) is 5. The van der Waals surface area contributed by atoms with E-state index in [1.165, 1.54) is 31.4 Å². The van der Waals surface area contributed by atoms with Crippen molar-refractivity contribution >= 4 is 5.97 Å². The lowest BCUT2D eigenvalue weighted by Crippen LogP contribution is -2.05. The Morgan fingerprint density at radius 3 is 2.69 bits per heavy atom. The molecule has 82 valence electrons. The summed E-state index contributed by atoms with van der Waals surface area (Å²) in [6.45, 7) is 0. The summed E-state index contributed by atoms with van der Waals surface area (Å²) < 4.78 is 17.1. The molecular formula is C9H7FN4O2. The Hall–Kier alpha value is -2.31. The molecule has 0 saturated carbocycles. The van der Waals surface area contributed by atoms with E-state index < -0.39 is 5.97 Å². The van der Waals surface area contributed by atoms with Gasteiger partial charge < -0.3 is 4.74 Å². The third-order valence-corrected chi connectivity index (χ3v) is 1.84. The maximum atomic E-state index is 12.7. The molecule has 6 nitrogen and oxygen atoms in total. The summed E-state index contributed by atoms with van der Waals surface area (Å²) in [5.74, 6) is -1.18. The maximum Gasteiger partial charge on any atom is 0.379 e. The van der Waals surface area contributed by atoms with Gasteiger partial charge in [-0.1, -0.05) is 0 Å². The van der Waals surface area contributed by atoms with Gasteiger partial charge in [0.15, 0.2) is 0 Å². The quantitative estimate of drug-likeness (QED) is 0.695. The number of halogens is 1. The number of benzene rings is 1.